The van der Waals surface area contributed by atoms with Crippen LogP contribution in [-0.2, 0) is 14.4 Å². The van der Waals surface area contributed by atoms with Gasteiger partial charge in [0.05, 0.1) is 13.0 Å². The summed E-state index contributed by atoms with van der Waals surface area (Å²) in [5.41, 5.74) is 3.17. The number of para-hydroxylation sites is 1. The topological polar surface area (TPSA) is 127 Å². The van der Waals surface area contributed by atoms with Crippen molar-refractivity contribution >= 4 is 23.5 Å². The highest BCUT2D eigenvalue weighted by molar-refractivity contribution is 5.93. The maximum absolute atomic E-state index is 11.9. The Morgan fingerprint density at radius 3 is 1.92 bits per heavy atom. The maximum atomic E-state index is 11.9. The number of aliphatic hydroxyl groups is 1. The second-order valence-electron chi connectivity index (χ2n) is 5.73. The molecule has 0 fully saturated rings. The highest BCUT2D eigenvalue weighted by Crippen LogP contribution is 2.19. The van der Waals surface area contributed by atoms with E-state index in [9.17, 15) is 14.4 Å². The lowest BCUT2D eigenvalue weighted by Gasteiger charge is -2.18. The Labute approximate surface area is 153 Å². The Kier molecular flexibility index (Phi) is 10.9. The fourth-order valence-corrected chi connectivity index (χ4v) is 2.09. The quantitative estimate of drug-likeness (QED) is 0.547. The van der Waals surface area contributed by atoms with E-state index in [4.69, 9.17) is 15.3 Å². The molecule has 1 aromatic carbocycles. The molecule has 1 amide bonds. The van der Waals surface area contributed by atoms with E-state index in [1.54, 1.807) is 0 Å². The molecule has 0 radical (unpaired) electrons. The van der Waals surface area contributed by atoms with Crippen molar-refractivity contribution in [2.75, 3.05) is 25.0 Å². The van der Waals surface area contributed by atoms with Gasteiger partial charge in [-0.3, -0.25) is 14.5 Å². The largest absolute Gasteiger partial charge is 0.481 e. The molecular weight excluding hydrogens is 340 g/mol. The van der Waals surface area contributed by atoms with E-state index in [0.29, 0.717) is 6.54 Å². The van der Waals surface area contributed by atoms with E-state index in [-0.39, 0.29) is 5.91 Å². The third-order valence-electron chi connectivity index (χ3n) is 3.66. The molecule has 1 unspecified atom stereocenters. The van der Waals surface area contributed by atoms with Crippen molar-refractivity contribution in [3.05, 3.63) is 29.3 Å². The van der Waals surface area contributed by atoms with Crippen molar-refractivity contribution < 1.29 is 29.7 Å². The second-order valence-corrected chi connectivity index (χ2v) is 5.73. The number of rotatable bonds is 8. The van der Waals surface area contributed by atoms with Crippen LogP contribution in [0.25, 0.3) is 0 Å². The molecule has 8 nitrogen and oxygen atoms in total. The van der Waals surface area contributed by atoms with Crippen LogP contribution in [0.3, 0.4) is 0 Å². The number of nitrogens with one attached hydrogen (secondary N) is 1. The SMILES string of the molecule is CCN(CC)CC(=O)Nc1c(C)cccc1C.O=C(O)CC(O)C(=O)O. The molecule has 26 heavy (non-hydrogen) atoms. The Balaban J connectivity index is 0.000000590. The molecule has 0 aromatic heterocycles. The van der Waals surface area contributed by atoms with Crippen LogP contribution in [0.4, 0.5) is 5.69 Å². The minimum atomic E-state index is -1.79. The van der Waals surface area contributed by atoms with Crippen molar-refractivity contribution in [3.8, 4) is 0 Å². The number of hydrogen-bond donors (Lipinski definition) is 4. The molecule has 1 atom stereocenters. The summed E-state index contributed by atoms with van der Waals surface area (Å²) >= 11 is 0. The second kappa shape index (κ2) is 12.0. The van der Waals surface area contributed by atoms with Gasteiger partial charge in [0, 0.05) is 5.69 Å². The molecule has 8 heteroatoms. The summed E-state index contributed by atoms with van der Waals surface area (Å²) in [7, 11) is 0. The summed E-state index contributed by atoms with van der Waals surface area (Å²) in [5.74, 6) is -2.78. The fourth-order valence-electron chi connectivity index (χ4n) is 2.09. The summed E-state index contributed by atoms with van der Waals surface area (Å²) in [6, 6.07) is 6.03. The van der Waals surface area contributed by atoms with Crippen LogP contribution in [-0.4, -0.2) is 63.8 Å². The lowest BCUT2D eigenvalue weighted by molar-refractivity contribution is -0.152. The van der Waals surface area contributed by atoms with Crippen LogP contribution in [0, 0.1) is 13.8 Å². The molecule has 4 N–H and O–H groups in total. The number of hydrogen-bond acceptors (Lipinski definition) is 5. The van der Waals surface area contributed by atoms with Gasteiger partial charge >= 0.3 is 11.9 Å². The minimum Gasteiger partial charge on any atom is -0.481 e. The lowest BCUT2D eigenvalue weighted by atomic mass is 10.1. The third kappa shape index (κ3) is 9.14. The molecule has 0 heterocycles. The van der Waals surface area contributed by atoms with E-state index < -0.39 is 24.5 Å². The number of carboxylic acid groups (broad SMARTS) is 2. The summed E-state index contributed by atoms with van der Waals surface area (Å²) < 4.78 is 0. The molecule has 0 aliphatic heterocycles. The van der Waals surface area contributed by atoms with Gasteiger partial charge in [-0.05, 0) is 38.1 Å². The maximum Gasteiger partial charge on any atom is 0.333 e. The van der Waals surface area contributed by atoms with Gasteiger partial charge < -0.3 is 20.6 Å². The molecule has 0 spiro atoms. The first-order chi connectivity index (χ1) is 12.1. The van der Waals surface area contributed by atoms with Gasteiger partial charge in [0.25, 0.3) is 0 Å². The number of likely N-dealkylation sites (N-methyl/N-ethyl adjacent to an activating group) is 1. The standard InChI is InChI=1S/C14H22N2O.C4H6O5/c1-5-16(6-2)10-13(17)15-14-11(3)8-7-9-12(14)4;5-2(4(8)9)1-3(6)7/h7-9H,5-6,10H2,1-4H3,(H,15,17);2,5H,1H2,(H,6,7)(H,8,9). The number of carbonyl (C=O) groups is 3. The Morgan fingerprint density at radius 1 is 1.08 bits per heavy atom. The Morgan fingerprint density at radius 2 is 1.58 bits per heavy atom. The highest BCUT2D eigenvalue weighted by Gasteiger charge is 2.16. The van der Waals surface area contributed by atoms with Gasteiger partial charge in [0.15, 0.2) is 6.10 Å². The minimum absolute atomic E-state index is 0.0612. The monoisotopic (exact) mass is 368 g/mol. The van der Waals surface area contributed by atoms with Gasteiger partial charge in [0.2, 0.25) is 5.91 Å². The zero-order chi connectivity index (χ0) is 20.3. The van der Waals surface area contributed by atoms with E-state index in [2.05, 4.69) is 24.1 Å². The van der Waals surface area contributed by atoms with Crippen LogP contribution in [0.2, 0.25) is 0 Å². The number of nitrogens with zero attached hydrogens (tertiary/aromatic N) is 1. The first-order valence-electron chi connectivity index (χ1n) is 8.33. The van der Waals surface area contributed by atoms with Crippen LogP contribution in [0.5, 0.6) is 0 Å². The summed E-state index contributed by atoms with van der Waals surface area (Å²) in [6.07, 6.45) is -2.54. The van der Waals surface area contributed by atoms with Crippen LogP contribution >= 0.6 is 0 Å². The molecule has 0 saturated heterocycles. The van der Waals surface area contributed by atoms with Gasteiger partial charge in [-0.25, -0.2) is 4.79 Å². The summed E-state index contributed by atoms with van der Waals surface area (Å²) in [6.45, 7) is 10.4. The van der Waals surface area contributed by atoms with E-state index in [0.717, 1.165) is 29.9 Å². The van der Waals surface area contributed by atoms with Gasteiger partial charge in [-0.2, -0.15) is 0 Å². The van der Waals surface area contributed by atoms with Crippen LogP contribution in [0.15, 0.2) is 18.2 Å². The third-order valence-corrected chi connectivity index (χ3v) is 3.66. The molecule has 146 valence electrons. The van der Waals surface area contributed by atoms with Gasteiger partial charge in [-0.15, -0.1) is 0 Å². The Bertz CT molecular complexity index is 593. The molecule has 0 bridgehead atoms. The van der Waals surface area contributed by atoms with Gasteiger partial charge in [0.1, 0.15) is 0 Å². The van der Waals surface area contributed by atoms with E-state index in [1.807, 2.05) is 32.0 Å². The first kappa shape index (κ1) is 23.5. The first-order valence-corrected chi connectivity index (χ1v) is 8.33. The average Bonchev–Trinajstić information content (AvgIpc) is 2.56. The Hall–Kier alpha value is -2.45. The van der Waals surface area contributed by atoms with E-state index >= 15 is 0 Å². The van der Waals surface area contributed by atoms with E-state index in [1.165, 1.54) is 0 Å². The van der Waals surface area contributed by atoms with Crippen molar-refractivity contribution in [1.82, 2.24) is 4.90 Å². The zero-order valence-electron chi connectivity index (χ0n) is 15.7. The number of carbonyl (C=O) groups excluding carboxylic acids is 1. The van der Waals surface area contributed by atoms with Crippen molar-refractivity contribution in [2.24, 2.45) is 0 Å². The number of carboxylic acids is 2. The number of amides is 1. The number of benzene rings is 1. The normalized spacial score (nSPS) is 11.3. The smallest absolute Gasteiger partial charge is 0.333 e. The molecular formula is C18H28N2O6. The molecule has 0 aliphatic carbocycles. The van der Waals surface area contributed by atoms with Crippen molar-refractivity contribution in [1.29, 1.82) is 0 Å². The van der Waals surface area contributed by atoms with Crippen LogP contribution in [0.1, 0.15) is 31.4 Å². The molecule has 0 saturated carbocycles. The molecule has 1 aromatic rings. The zero-order valence-corrected chi connectivity index (χ0v) is 15.7. The summed E-state index contributed by atoms with van der Waals surface area (Å²) in [4.78, 5) is 33.4. The predicted molar refractivity (Wildman–Crippen MR) is 98.2 cm³/mol. The lowest BCUT2D eigenvalue weighted by Crippen LogP contribution is -2.33. The number of aryl methyl sites for hydroxylation is 2. The number of anilines is 1. The van der Waals surface area contributed by atoms with Crippen LogP contribution < -0.4 is 5.32 Å². The highest BCUT2D eigenvalue weighted by atomic mass is 16.4. The predicted octanol–water partition coefficient (Wildman–Crippen LogP) is 1.49. The van der Waals surface area contributed by atoms with Crippen molar-refractivity contribution in [2.45, 2.75) is 40.2 Å². The number of aliphatic hydroxyl groups excluding tert-OH is 1. The summed E-state index contributed by atoms with van der Waals surface area (Å²) in [5, 5.41) is 27.1. The van der Waals surface area contributed by atoms with Crippen molar-refractivity contribution in [3.63, 3.8) is 0 Å². The van der Waals surface area contributed by atoms with Gasteiger partial charge in [-0.1, -0.05) is 32.0 Å². The molecule has 1 rings (SSSR count). The molecule has 0 aliphatic rings. The number of aliphatic carboxylic acids is 2. The average molecular weight is 368 g/mol. The fraction of sp³-hybridized carbons (Fsp3) is 0.500.